The van der Waals surface area contributed by atoms with E-state index in [4.69, 9.17) is 0 Å². The highest BCUT2D eigenvalue weighted by Crippen LogP contribution is 2.37. The lowest BCUT2D eigenvalue weighted by Crippen LogP contribution is -2.61. The largest absolute Gasteiger partial charge is 0.301 e. The Morgan fingerprint density at radius 2 is 1.87 bits per heavy atom. The van der Waals surface area contributed by atoms with Crippen molar-refractivity contribution in [1.29, 1.82) is 0 Å². The number of rotatable bonds is 5. The van der Waals surface area contributed by atoms with Gasteiger partial charge in [0.2, 0.25) is 0 Å². The smallest absolute Gasteiger partial charge is 0.255 e. The van der Waals surface area contributed by atoms with Gasteiger partial charge in [0.25, 0.3) is 5.91 Å². The van der Waals surface area contributed by atoms with Crippen LogP contribution in [0.25, 0.3) is 11.6 Å². The van der Waals surface area contributed by atoms with Gasteiger partial charge in [-0.1, -0.05) is 65.9 Å². The zero-order chi connectivity index (χ0) is 20.5. The third-order valence-electron chi connectivity index (χ3n) is 5.40. The molecule has 1 aromatic heterocycles. The Hall–Kier alpha value is -3.80. The molecular weight excluding hydrogens is 379 g/mol. The first-order chi connectivity index (χ1) is 14.7. The molecule has 5 nitrogen and oxygen atoms in total. The van der Waals surface area contributed by atoms with E-state index >= 15 is 0 Å². The quantitative estimate of drug-likeness (QED) is 0.598. The molecule has 2 aliphatic rings. The number of hydrogen-bond acceptors (Lipinski definition) is 3. The second-order valence-corrected chi connectivity index (χ2v) is 7.30. The molecule has 30 heavy (non-hydrogen) atoms. The molecule has 1 amide bonds. The first kappa shape index (κ1) is 18.2. The van der Waals surface area contributed by atoms with Crippen molar-refractivity contribution in [2.75, 3.05) is 4.90 Å². The number of benzene rings is 2. The summed E-state index contributed by atoms with van der Waals surface area (Å²) in [4.78, 5) is 14.8. The van der Waals surface area contributed by atoms with Crippen LogP contribution >= 0.6 is 0 Å². The van der Waals surface area contributed by atoms with E-state index in [1.165, 1.54) is 12.1 Å². The van der Waals surface area contributed by atoms with Crippen LogP contribution < -0.4 is 4.90 Å². The van der Waals surface area contributed by atoms with Crippen LogP contribution in [0.15, 0.2) is 85.1 Å². The zero-order valence-electron chi connectivity index (χ0n) is 16.1. The van der Waals surface area contributed by atoms with Gasteiger partial charge in [-0.3, -0.25) is 4.79 Å². The lowest BCUT2D eigenvalue weighted by Gasteiger charge is -2.45. The predicted octanol–water partition coefficient (Wildman–Crippen LogP) is 4.43. The van der Waals surface area contributed by atoms with Crippen LogP contribution in [0.4, 0.5) is 10.1 Å². The molecule has 2 atom stereocenters. The molecule has 6 heteroatoms. The average molecular weight is 398 g/mol. The molecule has 148 valence electrons. The van der Waals surface area contributed by atoms with Gasteiger partial charge >= 0.3 is 0 Å². The van der Waals surface area contributed by atoms with Crippen molar-refractivity contribution in [2.24, 2.45) is 0 Å². The standard InChI is InChI=1S/C24H19FN4O/c25-19-11-13-20(14-12-19)29-22(15-10-17-6-2-1-3-7-17)23(24(29)30)28-16-21(26-27-28)18-8-4-5-9-18/h1-8,10-16,22-23H,9H2/b15-10+/t22-,23+/m1/s1. The fraction of sp³-hybridized carbons (Fsp3) is 0.125. The SMILES string of the molecule is O=C1[C@@H](n2cc(C3=CC=CC3)nn2)[C@@H](/C=C/c2ccccc2)N1c1ccc(F)cc1. The summed E-state index contributed by atoms with van der Waals surface area (Å²) in [6.45, 7) is 0. The number of carbonyl (C=O) groups excluding carboxylic acids is 1. The second kappa shape index (κ2) is 7.55. The summed E-state index contributed by atoms with van der Waals surface area (Å²) in [7, 11) is 0. The van der Waals surface area contributed by atoms with E-state index in [0.717, 1.165) is 23.3 Å². The normalized spacial score (nSPS) is 20.6. The Labute approximate surface area is 173 Å². The first-order valence-electron chi connectivity index (χ1n) is 9.80. The van der Waals surface area contributed by atoms with Crippen molar-refractivity contribution in [3.8, 4) is 0 Å². The summed E-state index contributed by atoms with van der Waals surface area (Å²) < 4.78 is 15.0. The number of allylic oxidation sites excluding steroid dienone is 4. The first-order valence-corrected chi connectivity index (χ1v) is 9.80. The molecule has 0 radical (unpaired) electrons. The maximum atomic E-state index is 13.4. The van der Waals surface area contributed by atoms with Gasteiger partial charge in [-0.2, -0.15) is 0 Å². The third-order valence-corrected chi connectivity index (χ3v) is 5.40. The fourth-order valence-electron chi connectivity index (χ4n) is 3.83. The molecule has 1 saturated heterocycles. The maximum absolute atomic E-state index is 13.4. The Balaban J connectivity index is 1.47. The summed E-state index contributed by atoms with van der Waals surface area (Å²) in [6, 6.07) is 15.1. The second-order valence-electron chi connectivity index (χ2n) is 7.30. The van der Waals surface area contributed by atoms with Gasteiger partial charge in [-0.15, -0.1) is 5.10 Å². The molecule has 1 aliphatic heterocycles. The van der Waals surface area contributed by atoms with Crippen LogP contribution in [-0.2, 0) is 4.79 Å². The van der Waals surface area contributed by atoms with Crippen LogP contribution in [0.1, 0.15) is 23.7 Å². The van der Waals surface area contributed by atoms with Crippen molar-refractivity contribution in [3.63, 3.8) is 0 Å². The highest BCUT2D eigenvalue weighted by Gasteiger charge is 2.48. The van der Waals surface area contributed by atoms with Crippen LogP contribution in [0.5, 0.6) is 0 Å². The minimum absolute atomic E-state index is 0.0979. The molecule has 0 unspecified atom stereocenters. The number of amides is 1. The lowest BCUT2D eigenvalue weighted by molar-refractivity contribution is -0.128. The monoisotopic (exact) mass is 398 g/mol. The number of hydrogen-bond donors (Lipinski definition) is 0. The van der Waals surface area contributed by atoms with Gasteiger partial charge in [0.1, 0.15) is 11.5 Å². The van der Waals surface area contributed by atoms with Crippen molar-refractivity contribution in [1.82, 2.24) is 15.0 Å². The van der Waals surface area contributed by atoms with Gasteiger partial charge in [-0.05, 0) is 41.8 Å². The van der Waals surface area contributed by atoms with E-state index < -0.39 is 6.04 Å². The van der Waals surface area contributed by atoms with E-state index in [1.807, 2.05) is 60.8 Å². The van der Waals surface area contributed by atoms with Crippen LogP contribution in [0.2, 0.25) is 0 Å². The van der Waals surface area contributed by atoms with Gasteiger partial charge in [0, 0.05) is 5.69 Å². The predicted molar refractivity (Wildman–Crippen MR) is 114 cm³/mol. The van der Waals surface area contributed by atoms with Gasteiger partial charge in [0.15, 0.2) is 6.04 Å². The zero-order valence-corrected chi connectivity index (χ0v) is 16.1. The molecule has 3 aromatic rings. The molecule has 2 aromatic carbocycles. The van der Waals surface area contributed by atoms with Gasteiger partial charge in [0.05, 0.1) is 12.2 Å². The molecule has 0 N–H and O–H groups in total. The Kier molecular flexibility index (Phi) is 4.59. The van der Waals surface area contributed by atoms with Crippen LogP contribution in [0.3, 0.4) is 0 Å². The molecule has 0 bridgehead atoms. The minimum Gasteiger partial charge on any atom is -0.301 e. The Morgan fingerprint density at radius 3 is 2.60 bits per heavy atom. The Morgan fingerprint density at radius 1 is 1.07 bits per heavy atom. The van der Waals surface area contributed by atoms with Crippen molar-refractivity contribution in [3.05, 3.63) is 102 Å². The number of carbonyl (C=O) groups is 1. The highest BCUT2D eigenvalue weighted by atomic mass is 19.1. The van der Waals surface area contributed by atoms with Crippen molar-refractivity contribution < 1.29 is 9.18 Å². The summed E-state index contributed by atoms with van der Waals surface area (Å²) in [5.41, 5.74) is 3.55. The summed E-state index contributed by atoms with van der Waals surface area (Å²) in [5, 5.41) is 8.50. The van der Waals surface area contributed by atoms with Crippen molar-refractivity contribution in [2.45, 2.75) is 18.5 Å². The van der Waals surface area contributed by atoms with Gasteiger partial charge in [-0.25, -0.2) is 9.07 Å². The summed E-state index contributed by atoms with van der Waals surface area (Å²) >= 11 is 0. The topological polar surface area (TPSA) is 51.0 Å². The van der Waals surface area contributed by atoms with Crippen LogP contribution in [0, 0.1) is 5.82 Å². The lowest BCUT2D eigenvalue weighted by atomic mass is 9.92. The van der Waals surface area contributed by atoms with E-state index in [9.17, 15) is 9.18 Å². The Bertz CT molecular complexity index is 1160. The van der Waals surface area contributed by atoms with E-state index in [1.54, 1.807) is 21.7 Å². The van der Waals surface area contributed by atoms with Crippen molar-refractivity contribution >= 4 is 23.2 Å². The number of nitrogens with zero attached hydrogens (tertiary/aromatic N) is 4. The molecule has 1 aliphatic carbocycles. The van der Waals surface area contributed by atoms with E-state index in [0.29, 0.717) is 5.69 Å². The van der Waals surface area contributed by atoms with Crippen LogP contribution in [-0.4, -0.2) is 26.9 Å². The van der Waals surface area contributed by atoms with E-state index in [2.05, 4.69) is 16.4 Å². The molecular formula is C24H19FN4O. The third kappa shape index (κ3) is 3.26. The number of aromatic nitrogens is 3. The molecule has 0 spiro atoms. The molecule has 5 rings (SSSR count). The molecule has 1 fully saturated rings. The minimum atomic E-state index is -0.494. The number of β-lactam (4-membered cyclic amide) rings is 1. The fourth-order valence-corrected chi connectivity index (χ4v) is 3.83. The molecule has 2 heterocycles. The number of halogens is 1. The number of anilines is 1. The summed E-state index contributed by atoms with van der Waals surface area (Å²) in [5.74, 6) is -0.432. The highest BCUT2D eigenvalue weighted by molar-refractivity contribution is 6.05. The van der Waals surface area contributed by atoms with Gasteiger partial charge < -0.3 is 4.90 Å². The summed E-state index contributed by atoms with van der Waals surface area (Å²) in [6.07, 6.45) is 12.7. The average Bonchev–Trinajstić information content (AvgIpc) is 3.45. The van der Waals surface area contributed by atoms with E-state index in [-0.39, 0.29) is 17.8 Å². The maximum Gasteiger partial charge on any atom is 0.255 e. The molecule has 0 saturated carbocycles.